The number of ether oxygens (including phenoxy) is 1. The Kier molecular flexibility index (Phi) is 3.61. The Morgan fingerprint density at radius 1 is 1.28 bits per heavy atom. The fourth-order valence-corrected chi connectivity index (χ4v) is 2.56. The van der Waals surface area contributed by atoms with E-state index < -0.39 is 0 Å². The number of aromatic nitrogens is 3. The van der Waals surface area contributed by atoms with Crippen LogP contribution in [0.5, 0.6) is 5.75 Å². The molecule has 0 aliphatic carbocycles. The maximum absolute atomic E-state index is 11.1. The van der Waals surface area contributed by atoms with E-state index in [9.17, 15) is 4.79 Å². The van der Waals surface area contributed by atoms with E-state index in [0.717, 1.165) is 16.9 Å². The fourth-order valence-electron chi connectivity index (χ4n) is 2.56. The zero-order valence-electron chi connectivity index (χ0n) is 13.8. The lowest BCUT2D eigenvalue weighted by atomic mass is 10.3. The Balaban J connectivity index is 1.52. The van der Waals surface area contributed by atoms with Gasteiger partial charge in [0.25, 0.3) is 0 Å². The summed E-state index contributed by atoms with van der Waals surface area (Å²) in [6.45, 7) is 3.78. The van der Waals surface area contributed by atoms with Crippen LogP contribution < -0.4 is 10.1 Å². The quantitative estimate of drug-likeness (QED) is 0.618. The second-order valence-electron chi connectivity index (χ2n) is 5.82. The van der Waals surface area contributed by atoms with Crippen molar-refractivity contribution in [1.29, 1.82) is 0 Å². The van der Waals surface area contributed by atoms with Gasteiger partial charge in [-0.2, -0.15) is 4.98 Å². The molecule has 126 valence electrons. The normalized spacial score (nSPS) is 11.1. The first-order chi connectivity index (χ1) is 12.1. The molecular weight excluding hydrogens is 320 g/mol. The van der Waals surface area contributed by atoms with Crippen LogP contribution in [0.1, 0.15) is 18.2 Å². The summed E-state index contributed by atoms with van der Waals surface area (Å²) in [5.41, 5.74) is 4.09. The van der Waals surface area contributed by atoms with Gasteiger partial charge in [-0.3, -0.25) is 10.1 Å². The highest BCUT2D eigenvalue weighted by molar-refractivity contribution is 5.88. The summed E-state index contributed by atoms with van der Waals surface area (Å²) in [4.78, 5) is 19.8. The van der Waals surface area contributed by atoms with Crippen LogP contribution in [-0.2, 0) is 11.4 Å². The number of rotatable bonds is 4. The molecule has 4 rings (SSSR count). The number of oxazole rings is 1. The minimum atomic E-state index is -0.231. The topological polar surface area (TPSA) is 81.7 Å². The molecular formula is C18H16N4O3. The third-order valence-corrected chi connectivity index (χ3v) is 3.70. The maximum Gasteiger partial charge on any atom is 0.302 e. The molecule has 0 saturated heterocycles. The molecule has 1 N–H and O–H groups in total. The van der Waals surface area contributed by atoms with E-state index in [1.54, 1.807) is 12.1 Å². The van der Waals surface area contributed by atoms with E-state index in [-0.39, 0.29) is 11.9 Å². The van der Waals surface area contributed by atoms with Gasteiger partial charge in [0.2, 0.25) is 5.91 Å². The lowest BCUT2D eigenvalue weighted by Crippen LogP contribution is -2.05. The number of anilines is 1. The molecule has 0 saturated carbocycles. The molecule has 25 heavy (non-hydrogen) atoms. The molecule has 3 heterocycles. The second-order valence-corrected chi connectivity index (χ2v) is 5.82. The summed E-state index contributed by atoms with van der Waals surface area (Å²) in [7, 11) is 0. The van der Waals surface area contributed by atoms with Crippen LogP contribution in [0.15, 0.2) is 47.1 Å². The number of aryl methyl sites for hydroxylation is 1. The van der Waals surface area contributed by atoms with Crippen LogP contribution in [0.4, 0.5) is 6.01 Å². The zero-order valence-corrected chi connectivity index (χ0v) is 13.8. The number of hydrogen-bond acceptors (Lipinski definition) is 5. The van der Waals surface area contributed by atoms with Crippen LogP contribution in [-0.4, -0.2) is 20.3 Å². The van der Waals surface area contributed by atoms with E-state index in [1.165, 1.54) is 6.92 Å². The molecule has 4 aromatic rings. The molecule has 7 heteroatoms. The largest absolute Gasteiger partial charge is 0.487 e. The minimum absolute atomic E-state index is 0.176. The first kappa shape index (κ1) is 15.2. The fraction of sp³-hybridized carbons (Fsp3) is 0.167. The summed E-state index contributed by atoms with van der Waals surface area (Å²) in [6.07, 6.45) is 3.92. The first-order valence-corrected chi connectivity index (χ1v) is 7.82. The van der Waals surface area contributed by atoms with Crippen molar-refractivity contribution in [3.05, 3.63) is 54.0 Å². The Labute approximate surface area is 143 Å². The summed E-state index contributed by atoms with van der Waals surface area (Å²) in [6, 6.07) is 9.57. The van der Waals surface area contributed by atoms with Crippen molar-refractivity contribution < 1.29 is 13.9 Å². The van der Waals surface area contributed by atoms with E-state index in [2.05, 4.69) is 15.3 Å². The molecule has 0 radical (unpaired) electrons. The van der Waals surface area contributed by atoms with Gasteiger partial charge in [0, 0.05) is 25.4 Å². The molecule has 0 unspecified atom stereocenters. The highest BCUT2D eigenvalue weighted by atomic mass is 16.5. The predicted octanol–water partition coefficient (Wildman–Crippen LogP) is 3.32. The Morgan fingerprint density at radius 2 is 2.16 bits per heavy atom. The Hall–Kier alpha value is -3.35. The average molecular weight is 336 g/mol. The van der Waals surface area contributed by atoms with Gasteiger partial charge < -0.3 is 13.6 Å². The average Bonchev–Trinajstić information content (AvgIpc) is 3.13. The molecule has 0 aliphatic rings. The third kappa shape index (κ3) is 3.16. The van der Waals surface area contributed by atoms with Crippen molar-refractivity contribution in [2.75, 3.05) is 5.32 Å². The number of imidazole rings is 1. The van der Waals surface area contributed by atoms with E-state index in [1.807, 2.05) is 41.9 Å². The molecule has 0 atom stereocenters. The van der Waals surface area contributed by atoms with Gasteiger partial charge in [0.1, 0.15) is 23.5 Å². The number of nitrogens with one attached hydrogen (secondary N) is 1. The predicted molar refractivity (Wildman–Crippen MR) is 92.6 cm³/mol. The third-order valence-electron chi connectivity index (χ3n) is 3.70. The van der Waals surface area contributed by atoms with Crippen molar-refractivity contribution in [2.24, 2.45) is 0 Å². The second kappa shape index (κ2) is 5.94. The Morgan fingerprint density at radius 3 is 3.00 bits per heavy atom. The smallest absolute Gasteiger partial charge is 0.302 e. The highest BCUT2D eigenvalue weighted by Crippen LogP contribution is 2.24. The van der Waals surface area contributed by atoms with Crippen molar-refractivity contribution >= 4 is 28.7 Å². The number of pyridine rings is 1. The molecule has 0 spiro atoms. The van der Waals surface area contributed by atoms with E-state index in [4.69, 9.17) is 9.15 Å². The summed E-state index contributed by atoms with van der Waals surface area (Å²) in [5, 5.41) is 2.52. The number of benzene rings is 1. The van der Waals surface area contributed by atoms with Crippen molar-refractivity contribution in [1.82, 2.24) is 14.4 Å². The van der Waals surface area contributed by atoms with Gasteiger partial charge in [-0.1, -0.05) is 0 Å². The molecule has 1 amide bonds. The maximum atomic E-state index is 11.1. The van der Waals surface area contributed by atoms with E-state index in [0.29, 0.717) is 23.5 Å². The Bertz CT molecular complexity index is 1080. The van der Waals surface area contributed by atoms with Crippen LogP contribution >= 0.6 is 0 Å². The molecule has 3 aromatic heterocycles. The number of hydrogen-bond donors (Lipinski definition) is 1. The van der Waals surface area contributed by atoms with Gasteiger partial charge in [-0.05, 0) is 36.8 Å². The first-order valence-electron chi connectivity index (χ1n) is 7.82. The lowest BCUT2D eigenvalue weighted by Gasteiger charge is -2.02. The zero-order chi connectivity index (χ0) is 17.4. The number of nitrogens with zero attached hydrogens (tertiary/aromatic N) is 3. The van der Waals surface area contributed by atoms with Crippen LogP contribution in [0.3, 0.4) is 0 Å². The van der Waals surface area contributed by atoms with E-state index >= 15 is 0 Å². The summed E-state index contributed by atoms with van der Waals surface area (Å²) in [5.74, 6) is 0.413. The highest BCUT2D eigenvalue weighted by Gasteiger charge is 2.09. The molecule has 0 aliphatic heterocycles. The molecule has 0 bridgehead atoms. The van der Waals surface area contributed by atoms with Gasteiger partial charge in [0.05, 0.1) is 5.69 Å². The van der Waals surface area contributed by atoms with Gasteiger partial charge in [-0.25, -0.2) is 4.98 Å². The van der Waals surface area contributed by atoms with Crippen LogP contribution in [0, 0.1) is 6.92 Å². The van der Waals surface area contributed by atoms with Crippen molar-refractivity contribution in [2.45, 2.75) is 20.5 Å². The minimum Gasteiger partial charge on any atom is -0.487 e. The van der Waals surface area contributed by atoms with Crippen molar-refractivity contribution in [3.8, 4) is 5.75 Å². The molecule has 7 nitrogen and oxygen atoms in total. The van der Waals surface area contributed by atoms with Crippen LogP contribution in [0.25, 0.3) is 16.7 Å². The van der Waals surface area contributed by atoms with Gasteiger partial charge >= 0.3 is 6.01 Å². The summed E-state index contributed by atoms with van der Waals surface area (Å²) >= 11 is 0. The van der Waals surface area contributed by atoms with Crippen molar-refractivity contribution in [3.63, 3.8) is 0 Å². The standard InChI is InChI=1S/C18H16N4O3/c1-11-5-6-22-9-13(20-17(22)7-11)10-24-14-3-4-15-16(8-14)25-18(21-15)19-12(2)23/h3-9H,10H2,1-2H3,(H,19,21,23). The number of carbonyl (C=O) groups is 1. The summed E-state index contributed by atoms with van der Waals surface area (Å²) < 4.78 is 13.3. The molecule has 1 aromatic carbocycles. The molecule has 0 fully saturated rings. The van der Waals surface area contributed by atoms with Crippen LogP contribution in [0.2, 0.25) is 0 Å². The SMILES string of the molecule is CC(=O)Nc1nc2ccc(OCc3cn4ccc(C)cc4n3)cc2o1. The number of fused-ring (bicyclic) bond motifs is 2. The lowest BCUT2D eigenvalue weighted by molar-refractivity contribution is -0.114. The number of carbonyl (C=O) groups excluding carboxylic acids is 1. The number of amides is 1. The van der Waals surface area contributed by atoms with Gasteiger partial charge in [-0.15, -0.1) is 0 Å². The monoisotopic (exact) mass is 336 g/mol. The van der Waals surface area contributed by atoms with Gasteiger partial charge in [0.15, 0.2) is 5.58 Å².